The molecule has 82 valence electrons. The minimum absolute atomic E-state index is 0.192. The summed E-state index contributed by atoms with van der Waals surface area (Å²) >= 11 is 0. The highest BCUT2D eigenvalue weighted by atomic mass is 15.3. The second kappa shape index (κ2) is 3.93. The van der Waals surface area contributed by atoms with Crippen LogP contribution in [-0.4, -0.2) is 9.78 Å². The topological polar surface area (TPSA) is 67.6 Å². The van der Waals surface area contributed by atoms with E-state index in [1.807, 2.05) is 25.5 Å². The van der Waals surface area contributed by atoms with Crippen LogP contribution in [0.4, 0.5) is 5.69 Å². The third-order valence-corrected chi connectivity index (χ3v) is 2.61. The van der Waals surface area contributed by atoms with Crippen LogP contribution in [0.3, 0.4) is 0 Å². The lowest BCUT2D eigenvalue weighted by atomic mass is 9.88. The zero-order valence-corrected chi connectivity index (χ0v) is 9.78. The number of hydrogen-bond acceptors (Lipinski definition) is 3. The van der Waals surface area contributed by atoms with Crippen LogP contribution in [0.5, 0.6) is 0 Å². The van der Waals surface area contributed by atoms with Gasteiger partial charge >= 0.3 is 0 Å². The van der Waals surface area contributed by atoms with Gasteiger partial charge in [-0.2, -0.15) is 10.4 Å². The van der Waals surface area contributed by atoms with Crippen molar-refractivity contribution in [2.24, 2.45) is 5.41 Å². The molecule has 0 fully saturated rings. The molecule has 0 bridgehead atoms. The van der Waals surface area contributed by atoms with E-state index in [0.717, 1.165) is 12.1 Å². The first-order chi connectivity index (χ1) is 6.87. The Labute approximate surface area is 90.7 Å². The molecule has 1 atom stereocenters. The minimum atomic E-state index is -0.327. The molecular weight excluding hydrogens is 188 g/mol. The van der Waals surface area contributed by atoms with Gasteiger partial charge in [-0.05, 0) is 34.1 Å². The lowest BCUT2D eigenvalue weighted by Crippen LogP contribution is -2.18. The van der Waals surface area contributed by atoms with Gasteiger partial charge in [-0.15, -0.1) is 0 Å². The lowest BCUT2D eigenvalue weighted by molar-refractivity contribution is 0.333. The van der Waals surface area contributed by atoms with Gasteiger partial charge in [0.25, 0.3) is 0 Å². The molecule has 4 nitrogen and oxygen atoms in total. The smallest absolute Gasteiger partial charge is 0.0730 e. The van der Waals surface area contributed by atoms with E-state index in [9.17, 15) is 0 Å². The van der Waals surface area contributed by atoms with Crippen LogP contribution in [0.2, 0.25) is 0 Å². The average Bonchev–Trinajstić information content (AvgIpc) is 2.47. The zero-order valence-electron chi connectivity index (χ0n) is 9.78. The van der Waals surface area contributed by atoms with Crippen molar-refractivity contribution in [3.05, 3.63) is 11.9 Å². The van der Waals surface area contributed by atoms with Gasteiger partial charge in [0.1, 0.15) is 0 Å². The minimum Gasteiger partial charge on any atom is -0.396 e. The number of hydrogen-bond donors (Lipinski definition) is 1. The second-order valence-electron chi connectivity index (χ2n) is 4.68. The Balaban J connectivity index is 2.83. The van der Waals surface area contributed by atoms with Crippen LogP contribution in [-0.2, 0) is 0 Å². The van der Waals surface area contributed by atoms with E-state index >= 15 is 0 Å². The monoisotopic (exact) mass is 206 g/mol. The van der Waals surface area contributed by atoms with Gasteiger partial charge in [-0.1, -0.05) is 0 Å². The van der Waals surface area contributed by atoms with Gasteiger partial charge in [-0.3, -0.25) is 4.68 Å². The van der Waals surface area contributed by atoms with E-state index in [4.69, 9.17) is 11.0 Å². The van der Waals surface area contributed by atoms with Gasteiger partial charge in [-0.25, -0.2) is 0 Å². The molecule has 15 heavy (non-hydrogen) atoms. The number of anilines is 1. The van der Waals surface area contributed by atoms with Gasteiger partial charge in [0.2, 0.25) is 0 Å². The fourth-order valence-corrected chi connectivity index (χ4v) is 1.75. The molecule has 1 aromatic rings. The Bertz CT molecular complexity index is 384. The van der Waals surface area contributed by atoms with E-state index in [0.29, 0.717) is 5.69 Å². The van der Waals surface area contributed by atoms with E-state index in [1.165, 1.54) is 0 Å². The standard InChI is InChI=1S/C11H18N4/c1-8(5-11(3,4)7-12)15-9(2)10(13)6-14-15/h6,8H,5,13H2,1-4H3. The molecule has 0 aliphatic carbocycles. The quantitative estimate of drug-likeness (QED) is 0.824. The van der Waals surface area contributed by atoms with Crippen molar-refractivity contribution in [1.29, 1.82) is 5.26 Å². The van der Waals surface area contributed by atoms with Crippen molar-refractivity contribution in [2.45, 2.75) is 40.2 Å². The Morgan fingerprint density at radius 3 is 2.67 bits per heavy atom. The van der Waals surface area contributed by atoms with E-state index in [1.54, 1.807) is 6.20 Å². The fraction of sp³-hybridized carbons (Fsp3) is 0.636. The third-order valence-electron chi connectivity index (χ3n) is 2.61. The summed E-state index contributed by atoms with van der Waals surface area (Å²) in [5, 5.41) is 13.2. The summed E-state index contributed by atoms with van der Waals surface area (Å²) in [7, 11) is 0. The van der Waals surface area contributed by atoms with Gasteiger partial charge in [0.15, 0.2) is 0 Å². The molecule has 0 saturated carbocycles. The van der Waals surface area contributed by atoms with Crippen molar-refractivity contribution >= 4 is 5.69 Å². The molecule has 1 rings (SSSR count). The fourth-order valence-electron chi connectivity index (χ4n) is 1.75. The number of nitrogens with two attached hydrogens (primary N) is 1. The summed E-state index contributed by atoms with van der Waals surface area (Å²) in [6.45, 7) is 7.87. The summed E-state index contributed by atoms with van der Waals surface area (Å²) in [6.07, 6.45) is 2.43. The SMILES string of the molecule is Cc1c(N)cnn1C(C)CC(C)(C)C#N. The van der Waals surface area contributed by atoms with Crippen LogP contribution in [0.1, 0.15) is 38.9 Å². The summed E-state index contributed by atoms with van der Waals surface area (Å²) in [5.41, 5.74) is 7.07. The van der Waals surface area contributed by atoms with Crippen molar-refractivity contribution in [3.63, 3.8) is 0 Å². The number of nitrogen functional groups attached to an aromatic ring is 1. The first-order valence-electron chi connectivity index (χ1n) is 5.08. The molecule has 0 aliphatic rings. The second-order valence-corrected chi connectivity index (χ2v) is 4.68. The Morgan fingerprint density at radius 1 is 1.67 bits per heavy atom. The zero-order chi connectivity index (χ0) is 11.6. The Kier molecular flexibility index (Phi) is 3.04. The highest BCUT2D eigenvalue weighted by Crippen LogP contribution is 2.28. The molecule has 0 aromatic carbocycles. The molecule has 0 saturated heterocycles. The molecule has 4 heteroatoms. The van der Waals surface area contributed by atoms with Crippen LogP contribution in [0.15, 0.2) is 6.20 Å². The predicted molar refractivity (Wildman–Crippen MR) is 60.1 cm³/mol. The van der Waals surface area contributed by atoms with E-state index < -0.39 is 0 Å². The van der Waals surface area contributed by atoms with Crippen LogP contribution < -0.4 is 5.73 Å². The highest BCUT2D eigenvalue weighted by molar-refractivity contribution is 5.39. The van der Waals surface area contributed by atoms with Crippen molar-refractivity contribution in [3.8, 4) is 6.07 Å². The number of rotatable bonds is 3. The average molecular weight is 206 g/mol. The first kappa shape index (κ1) is 11.6. The van der Waals surface area contributed by atoms with Gasteiger partial charge in [0.05, 0.1) is 35.1 Å². The van der Waals surface area contributed by atoms with E-state index in [-0.39, 0.29) is 11.5 Å². The van der Waals surface area contributed by atoms with Gasteiger partial charge < -0.3 is 5.73 Å². The molecule has 0 radical (unpaired) electrons. The highest BCUT2D eigenvalue weighted by Gasteiger charge is 2.22. The number of nitrogens with zero attached hydrogens (tertiary/aromatic N) is 3. The molecule has 2 N–H and O–H groups in total. The third kappa shape index (κ3) is 2.50. The molecule has 1 aromatic heterocycles. The predicted octanol–water partition coefficient (Wildman–Crippen LogP) is 2.27. The number of aromatic nitrogens is 2. The molecule has 1 heterocycles. The molecule has 0 spiro atoms. The molecule has 0 aliphatic heterocycles. The summed E-state index contributed by atoms with van der Waals surface area (Å²) in [6, 6.07) is 2.49. The molecule has 0 amide bonds. The molecule has 1 unspecified atom stereocenters. The normalized spacial score (nSPS) is 13.5. The first-order valence-corrected chi connectivity index (χ1v) is 5.08. The van der Waals surface area contributed by atoms with Crippen molar-refractivity contribution < 1.29 is 0 Å². The van der Waals surface area contributed by atoms with Gasteiger partial charge in [0, 0.05) is 0 Å². The van der Waals surface area contributed by atoms with Crippen LogP contribution in [0, 0.1) is 23.7 Å². The van der Waals surface area contributed by atoms with Crippen molar-refractivity contribution in [1.82, 2.24) is 9.78 Å². The largest absolute Gasteiger partial charge is 0.396 e. The van der Waals surface area contributed by atoms with Crippen LogP contribution in [0.25, 0.3) is 0 Å². The lowest BCUT2D eigenvalue weighted by Gasteiger charge is -2.22. The summed E-state index contributed by atoms with van der Waals surface area (Å²) < 4.78 is 1.88. The number of nitriles is 1. The molecular formula is C11H18N4. The summed E-state index contributed by atoms with van der Waals surface area (Å²) in [5.74, 6) is 0. The van der Waals surface area contributed by atoms with Crippen molar-refractivity contribution in [2.75, 3.05) is 5.73 Å². The maximum Gasteiger partial charge on any atom is 0.0730 e. The summed E-state index contributed by atoms with van der Waals surface area (Å²) in [4.78, 5) is 0. The maximum atomic E-state index is 8.96. The Hall–Kier alpha value is -1.50. The van der Waals surface area contributed by atoms with E-state index in [2.05, 4.69) is 18.1 Å². The van der Waals surface area contributed by atoms with Crippen LogP contribution >= 0.6 is 0 Å². The Morgan fingerprint density at radius 2 is 2.27 bits per heavy atom. The maximum absolute atomic E-state index is 8.96.